The van der Waals surface area contributed by atoms with Crippen molar-refractivity contribution in [3.63, 3.8) is 0 Å². The van der Waals surface area contributed by atoms with Crippen molar-refractivity contribution in [1.29, 1.82) is 0 Å². The van der Waals surface area contributed by atoms with Crippen LogP contribution in [-0.2, 0) is 0 Å². The van der Waals surface area contributed by atoms with E-state index in [4.69, 9.17) is 0 Å². The number of hydrogen-bond acceptors (Lipinski definition) is 2. The van der Waals surface area contributed by atoms with Crippen LogP contribution in [0.5, 0.6) is 0 Å². The van der Waals surface area contributed by atoms with Gasteiger partial charge in [-0.1, -0.05) is 39.0 Å². The molecule has 1 aliphatic carbocycles. The number of nitrogens with one attached hydrogen (secondary N) is 2. The molecule has 0 spiro atoms. The normalized spacial score (nSPS) is 20.0. The van der Waals surface area contributed by atoms with Gasteiger partial charge in [-0.3, -0.25) is 4.79 Å². The van der Waals surface area contributed by atoms with Gasteiger partial charge in [-0.05, 0) is 57.2 Å². The Morgan fingerprint density at radius 1 is 1.17 bits per heavy atom. The fourth-order valence-corrected chi connectivity index (χ4v) is 2.94. The fraction of sp³-hybridized carbons (Fsp3) is 0.550. The summed E-state index contributed by atoms with van der Waals surface area (Å²) in [6.45, 7) is 8.37. The van der Waals surface area contributed by atoms with Gasteiger partial charge >= 0.3 is 0 Å². The molecule has 3 rings (SSSR count). The second kappa shape index (κ2) is 10.2. The van der Waals surface area contributed by atoms with Crippen LogP contribution in [0.4, 0.5) is 0 Å². The number of aryl methyl sites for hydroxylation is 1. The summed E-state index contributed by atoms with van der Waals surface area (Å²) < 4.78 is 0. The van der Waals surface area contributed by atoms with E-state index in [1.807, 2.05) is 45.0 Å². The number of H-pyrrole nitrogens is 1. The lowest BCUT2D eigenvalue weighted by Gasteiger charge is -2.25. The monoisotopic (exact) mass is 316 g/mol. The van der Waals surface area contributed by atoms with Gasteiger partial charge in [0, 0.05) is 16.9 Å². The number of carbonyl (C=O) groups is 1. The Labute approximate surface area is 140 Å². The van der Waals surface area contributed by atoms with Gasteiger partial charge in [-0.2, -0.15) is 0 Å². The number of fused-ring (bicyclic) bond motifs is 1. The van der Waals surface area contributed by atoms with E-state index >= 15 is 0 Å². The zero-order chi connectivity index (χ0) is 17.2. The van der Waals surface area contributed by atoms with Crippen LogP contribution in [0.2, 0.25) is 0 Å². The summed E-state index contributed by atoms with van der Waals surface area (Å²) in [6, 6.07) is 8.68. The maximum absolute atomic E-state index is 10.5. The van der Waals surface area contributed by atoms with Crippen molar-refractivity contribution >= 4 is 17.2 Å². The molecule has 0 amide bonds. The molecular formula is C20H32N2O. The highest BCUT2D eigenvalue weighted by molar-refractivity contribution is 5.89. The van der Waals surface area contributed by atoms with Crippen molar-refractivity contribution in [2.75, 3.05) is 7.05 Å². The van der Waals surface area contributed by atoms with Gasteiger partial charge in [0.05, 0.1) is 5.69 Å². The molecule has 2 aromatic rings. The summed E-state index contributed by atoms with van der Waals surface area (Å²) in [7, 11) is 2.07. The van der Waals surface area contributed by atoms with Crippen molar-refractivity contribution in [3.8, 4) is 0 Å². The van der Waals surface area contributed by atoms with Gasteiger partial charge in [0.1, 0.15) is 0 Å². The number of aromatic amines is 1. The third-order valence-corrected chi connectivity index (χ3v) is 4.44. The molecule has 1 aromatic carbocycles. The Kier molecular flexibility index (Phi) is 8.64. The molecule has 1 fully saturated rings. The number of aromatic nitrogens is 1. The second-order valence-corrected chi connectivity index (χ2v) is 6.13. The highest BCUT2D eigenvalue weighted by Crippen LogP contribution is 2.22. The molecular weight excluding hydrogens is 284 g/mol. The van der Waals surface area contributed by atoms with Crippen LogP contribution in [0.25, 0.3) is 10.9 Å². The molecule has 3 nitrogen and oxygen atoms in total. The largest absolute Gasteiger partial charge is 0.352 e. The van der Waals surface area contributed by atoms with Crippen LogP contribution in [-0.4, -0.2) is 24.4 Å². The molecule has 0 unspecified atom stereocenters. The summed E-state index contributed by atoms with van der Waals surface area (Å²) in [5.74, 6) is 0.981. The summed E-state index contributed by atoms with van der Waals surface area (Å²) >= 11 is 0. The number of hydrogen-bond donors (Lipinski definition) is 2. The number of benzene rings is 1. The van der Waals surface area contributed by atoms with Crippen molar-refractivity contribution in [2.45, 2.75) is 59.4 Å². The van der Waals surface area contributed by atoms with Gasteiger partial charge in [0.2, 0.25) is 0 Å². The minimum absolute atomic E-state index is 0.638. The van der Waals surface area contributed by atoms with Gasteiger partial charge in [-0.25, -0.2) is 0 Å². The summed E-state index contributed by atoms with van der Waals surface area (Å²) in [4.78, 5) is 13.5. The lowest BCUT2D eigenvalue weighted by molar-refractivity contribution is 0.112. The molecule has 1 aliphatic rings. The third-order valence-electron chi connectivity index (χ3n) is 4.44. The van der Waals surface area contributed by atoms with Crippen molar-refractivity contribution in [3.05, 3.63) is 35.5 Å². The smallest absolute Gasteiger partial charge is 0.166 e. The van der Waals surface area contributed by atoms with Crippen molar-refractivity contribution in [2.24, 2.45) is 5.92 Å². The first-order valence-electron chi connectivity index (χ1n) is 8.84. The minimum atomic E-state index is 0.638. The predicted molar refractivity (Wildman–Crippen MR) is 100 cm³/mol. The van der Waals surface area contributed by atoms with E-state index in [0.29, 0.717) is 5.69 Å². The molecule has 0 radical (unpaired) electrons. The quantitative estimate of drug-likeness (QED) is 0.757. The standard InChI is InChI=1S/C10H9NO.C8H17N.C2H6/c1-7-3-2-4-8-5-9(6-12)11-10(7)8;1-7-3-5-8(9-2)6-4-7;1-2/h2-6,11H,1H3;7-9H,3-6H2,1-2H3;1-2H3. The Bertz CT molecular complexity index is 580. The van der Waals surface area contributed by atoms with E-state index in [2.05, 4.69) is 24.3 Å². The average molecular weight is 316 g/mol. The maximum Gasteiger partial charge on any atom is 0.166 e. The van der Waals surface area contributed by atoms with Crippen LogP contribution in [0, 0.1) is 12.8 Å². The van der Waals surface area contributed by atoms with E-state index in [0.717, 1.165) is 29.1 Å². The van der Waals surface area contributed by atoms with Crippen LogP contribution in [0.15, 0.2) is 24.3 Å². The number of carbonyl (C=O) groups excluding carboxylic acids is 1. The molecule has 1 aromatic heterocycles. The topological polar surface area (TPSA) is 44.9 Å². The molecule has 23 heavy (non-hydrogen) atoms. The molecule has 3 heteroatoms. The maximum atomic E-state index is 10.5. The second-order valence-electron chi connectivity index (χ2n) is 6.13. The van der Waals surface area contributed by atoms with Crippen LogP contribution >= 0.6 is 0 Å². The van der Waals surface area contributed by atoms with Crippen molar-refractivity contribution in [1.82, 2.24) is 10.3 Å². The Balaban J connectivity index is 0.000000215. The third kappa shape index (κ3) is 5.83. The highest BCUT2D eigenvalue weighted by atomic mass is 16.1. The highest BCUT2D eigenvalue weighted by Gasteiger charge is 2.15. The van der Waals surface area contributed by atoms with Gasteiger partial charge in [0.15, 0.2) is 6.29 Å². The number of rotatable bonds is 2. The molecule has 0 aliphatic heterocycles. The number of para-hydroxylation sites is 1. The Morgan fingerprint density at radius 2 is 1.83 bits per heavy atom. The van der Waals surface area contributed by atoms with Crippen LogP contribution in [0.3, 0.4) is 0 Å². The summed E-state index contributed by atoms with van der Waals surface area (Å²) in [5, 5.41) is 4.42. The molecule has 0 atom stereocenters. The first-order chi connectivity index (χ1) is 11.1. The molecule has 0 saturated heterocycles. The van der Waals surface area contributed by atoms with E-state index in [1.165, 1.54) is 31.2 Å². The molecule has 128 valence electrons. The fourth-order valence-electron chi connectivity index (χ4n) is 2.94. The Morgan fingerprint density at radius 3 is 2.35 bits per heavy atom. The van der Waals surface area contributed by atoms with Gasteiger partial charge in [0.25, 0.3) is 0 Å². The Hall–Kier alpha value is -1.61. The summed E-state index contributed by atoms with van der Waals surface area (Å²) in [5.41, 5.74) is 2.86. The van der Waals surface area contributed by atoms with Crippen LogP contribution in [0.1, 0.15) is 62.5 Å². The molecule has 1 saturated carbocycles. The zero-order valence-corrected chi connectivity index (χ0v) is 15.3. The van der Waals surface area contributed by atoms with Crippen LogP contribution < -0.4 is 5.32 Å². The lowest BCUT2D eigenvalue weighted by atomic mass is 9.87. The molecule has 1 heterocycles. The summed E-state index contributed by atoms with van der Waals surface area (Å²) in [6.07, 6.45) is 6.45. The lowest BCUT2D eigenvalue weighted by Crippen LogP contribution is -2.29. The van der Waals surface area contributed by atoms with E-state index < -0.39 is 0 Å². The van der Waals surface area contributed by atoms with Gasteiger partial charge < -0.3 is 10.3 Å². The SMILES string of the molecule is CC.CNC1CCC(C)CC1.Cc1cccc2cc(C=O)[nH]c12. The molecule has 2 N–H and O–H groups in total. The average Bonchev–Trinajstić information content (AvgIpc) is 3.03. The van der Waals surface area contributed by atoms with E-state index in [1.54, 1.807) is 0 Å². The van der Waals surface area contributed by atoms with E-state index in [9.17, 15) is 4.79 Å². The number of aldehydes is 1. The van der Waals surface area contributed by atoms with E-state index in [-0.39, 0.29) is 0 Å². The zero-order valence-electron chi connectivity index (χ0n) is 15.3. The minimum Gasteiger partial charge on any atom is -0.352 e. The first-order valence-corrected chi connectivity index (χ1v) is 8.84. The predicted octanol–water partition coefficient (Wildman–Crippen LogP) is 5.10. The van der Waals surface area contributed by atoms with Gasteiger partial charge in [-0.15, -0.1) is 0 Å². The molecule has 0 bridgehead atoms. The van der Waals surface area contributed by atoms with Crippen molar-refractivity contribution < 1.29 is 4.79 Å². The first kappa shape index (κ1) is 19.4.